The Hall–Kier alpha value is -5.01. The third kappa shape index (κ3) is 14.8. The van der Waals surface area contributed by atoms with Crippen LogP contribution in [0.1, 0.15) is 89.5 Å². The summed E-state index contributed by atoms with van der Waals surface area (Å²) in [5.41, 5.74) is 1.03. The summed E-state index contributed by atoms with van der Waals surface area (Å²) in [5.74, 6) is -3.19. The second-order valence-electron chi connectivity index (χ2n) is 13.6. The number of ether oxygens (including phenoxy) is 6. The summed E-state index contributed by atoms with van der Waals surface area (Å²) in [7, 11) is 3.53. The number of hydrogen-bond donors (Lipinski definition) is 0. The van der Waals surface area contributed by atoms with Crippen molar-refractivity contribution in [1.82, 2.24) is 5.01 Å². The van der Waals surface area contributed by atoms with Gasteiger partial charge in [-0.2, -0.15) is 5.10 Å². The minimum atomic E-state index is -0.487. The topological polar surface area (TPSA) is 173 Å². The third-order valence-electron chi connectivity index (χ3n) is 9.30. The van der Waals surface area contributed by atoms with Gasteiger partial charge in [-0.3, -0.25) is 19.2 Å². The molecule has 296 valence electrons. The summed E-state index contributed by atoms with van der Waals surface area (Å²) >= 11 is 0. The smallest absolute Gasteiger partial charge is 0.330 e. The molecule has 0 aliphatic heterocycles. The molecule has 14 heteroatoms. The van der Waals surface area contributed by atoms with E-state index >= 15 is 0 Å². The van der Waals surface area contributed by atoms with Crippen LogP contribution in [0.15, 0.2) is 48.6 Å². The molecule has 0 N–H and O–H groups in total. The van der Waals surface area contributed by atoms with E-state index in [0.29, 0.717) is 88.3 Å². The largest absolute Gasteiger partial charge is 0.465 e. The second kappa shape index (κ2) is 22.9. The van der Waals surface area contributed by atoms with E-state index in [0.717, 1.165) is 12.2 Å². The number of carbonyl (C=O) groups is 6. The van der Waals surface area contributed by atoms with E-state index in [4.69, 9.17) is 28.4 Å². The number of esters is 6. The Bertz CT molecular complexity index is 1500. The highest BCUT2D eigenvalue weighted by molar-refractivity contribution is 6.02. The van der Waals surface area contributed by atoms with Crippen LogP contribution in [0, 0.1) is 23.7 Å². The lowest BCUT2D eigenvalue weighted by molar-refractivity contribution is -0.152. The van der Waals surface area contributed by atoms with E-state index in [9.17, 15) is 28.8 Å². The summed E-state index contributed by atoms with van der Waals surface area (Å²) in [6.45, 7) is 9.37. The molecule has 0 bridgehead atoms. The lowest BCUT2D eigenvalue weighted by Gasteiger charge is -2.26. The molecule has 54 heavy (non-hydrogen) atoms. The van der Waals surface area contributed by atoms with E-state index in [2.05, 4.69) is 18.3 Å². The van der Waals surface area contributed by atoms with Crippen LogP contribution < -0.4 is 9.47 Å². The van der Waals surface area contributed by atoms with Gasteiger partial charge in [0.15, 0.2) is 0 Å². The molecular formula is C40H54N2O12. The molecule has 0 atom stereocenters. The van der Waals surface area contributed by atoms with Gasteiger partial charge in [-0.1, -0.05) is 13.2 Å². The van der Waals surface area contributed by atoms with Gasteiger partial charge in [-0.05, 0) is 102 Å². The van der Waals surface area contributed by atoms with Crippen molar-refractivity contribution >= 4 is 41.5 Å². The standard InChI is InChI=1S/C40H54N2O12/c1-6-35(43)49-22-8-10-24-51-37(45)28-12-16-30(17-13-28)39(47)53-32-20-21-34(33(26-32)27(3)41-42(4)5)54-40(48)31-18-14-29(15-19-31)38(46)52-25-11-9-23-50-36(44)7-2/h6-7,20-21,26,28-31H,1-2,8-19,22-25H2,3-5H3/b41-27+. The Morgan fingerprint density at radius 1 is 0.630 bits per heavy atom. The predicted octanol–water partition coefficient (Wildman–Crippen LogP) is 5.50. The Morgan fingerprint density at radius 3 is 1.43 bits per heavy atom. The normalized spacial score (nSPS) is 19.7. The average molecular weight is 755 g/mol. The van der Waals surface area contributed by atoms with Gasteiger partial charge >= 0.3 is 35.8 Å². The van der Waals surface area contributed by atoms with Gasteiger partial charge in [0.2, 0.25) is 0 Å². The lowest BCUT2D eigenvalue weighted by Crippen LogP contribution is -2.30. The highest BCUT2D eigenvalue weighted by atomic mass is 16.6. The number of nitrogens with zero attached hydrogens (tertiary/aromatic N) is 2. The summed E-state index contributed by atoms with van der Waals surface area (Å²) in [5, 5.41) is 6.08. The Balaban J connectivity index is 1.48. The van der Waals surface area contributed by atoms with Crippen LogP contribution in [0.2, 0.25) is 0 Å². The first-order chi connectivity index (χ1) is 25.9. The molecule has 0 radical (unpaired) electrons. The zero-order chi connectivity index (χ0) is 39.5. The maximum Gasteiger partial charge on any atom is 0.330 e. The molecule has 2 aliphatic carbocycles. The van der Waals surface area contributed by atoms with Crippen LogP contribution in [0.3, 0.4) is 0 Å². The van der Waals surface area contributed by atoms with E-state index < -0.39 is 29.8 Å². The monoisotopic (exact) mass is 754 g/mol. The highest BCUT2D eigenvalue weighted by Crippen LogP contribution is 2.34. The van der Waals surface area contributed by atoms with Crippen LogP contribution in [0.25, 0.3) is 0 Å². The van der Waals surface area contributed by atoms with E-state index in [1.165, 1.54) is 0 Å². The maximum absolute atomic E-state index is 13.3. The van der Waals surface area contributed by atoms with Crippen LogP contribution in [0.4, 0.5) is 0 Å². The van der Waals surface area contributed by atoms with Crippen molar-refractivity contribution in [1.29, 1.82) is 0 Å². The molecule has 0 amide bonds. The molecule has 1 aromatic rings. The fraction of sp³-hybridized carbons (Fsp3) is 0.575. The summed E-state index contributed by atoms with van der Waals surface area (Å²) in [6, 6.07) is 4.79. The molecule has 0 saturated heterocycles. The first kappa shape index (κ1) is 43.4. The van der Waals surface area contributed by atoms with E-state index in [-0.39, 0.29) is 67.6 Å². The van der Waals surface area contributed by atoms with E-state index in [1.54, 1.807) is 44.2 Å². The SMILES string of the molecule is C=CC(=O)OCCCCOC(=O)C1CCC(C(=O)Oc2ccc(OC(=O)C3CCC(C(=O)OCCCCOC(=O)C=C)CC3)c(/C(C)=N/N(C)C)c2)CC1. The quantitative estimate of drug-likeness (QED) is 0.0311. The Kier molecular flexibility index (Phi) is 18.4. The van der Waals surface area contributed by atoms with Crippen LogP contribution in [-0.2, 0) is 47.7 Å². The van der Waals surface area contributed by atoms with E-state index in [1.807, 2.05) is 0 Å². The maximum atomic E-state index is 13.3. The number of hydrogen-bond acceptors (Lipinski definition) is 14. The Morgan fingerprint density at radius 2 is 1.02 bits per heavy atom. The van der Waals surface area contributed by atoms with Crippen molar-refractivity contribution in [3.05, 3.63) is 49.1 Å². The van der Waals surface area contributed by atoms with Gasteiger partial charge in [0, 0.05) is 31.8 Å². The van der Waals surface area contributed by atoms with Crippen molar-refractivity contribution < 1.29 is 57.2 Å². The van der Waals surface area contributed by atoms with Crippen LogP contribution in [-0.4, -0.2) is 87.1 Å². The molecule has 2 saturated carbocycles. The van der Waals surface area contributed by atoms with Crippen LogP contribution >= 0.6 is 0 Å². The number of unbranched alkanes of at least 4 members (excludes halogenated alkanes) is 2. The van der Waals surface area contributed by atoms with Gasteiger partial charge in [-0.25, -0.2) is 9.59 Å². The van der Waals surface area contributed by atoms with Gasteiger partial charge in [-0.15, -0.1) is 0 Å². The first-order valence-corrected chi connectivity index (χ1v) is 18.6. The lowest BCUT2D eigenvalue weighted by atomic mass is 9.82. The fourth-order valence-electron chi connectivity index (χ4n) is 6.27. The summed E-state index contributed by atoms with van der Waals surface area (Å²) < 4.78 is 32.3. The van der Waals surface area contributed by atoms with Gasteiger partial charge in [0.05, 0.1) is 55.8 Å². The number of benzene rings is 1. The molecule has 3 rings (SSSR count). The van der Waals surface area contributed by atoms with Gasteiger partial charge in [0.25, 0.3) is 0 Å². The zero-order valence-corrected chi connectivity index (χ0v) is 31.7. The Labute approximate surface area is 317 Å². The minimum Gasteiger partial charge on any atom is -0.465 e. The third-order valence-corrected chi connectivity index (χ3v) is 9.30. The van der Waals surface area contributed by atoms with Crippen molar-refractivity contribution in [3.63, 3.8) is 0 Å². The minimum absolute atomic E-state index is 0.229. The summed E-state index contributed by atoms with van der Waals surface area (Å²) in [4.78, 5) is 73.8. The molecule has 14 nitrogen and oxygen atoms in total. The van der Waals surface area contributed by atoms with Crippen molar-refractivity contribution in [2.45, 2.75) is 84.0 Å². The van der Waals surface area contributed by atoms with Crippen molar-refractivity contribution in [2.75, 3.05) is 40.5 Å². The number of rotatable bonds is 20. The second-order valence-corrected chi connectivity index (χ2v) is 13.6. The fourth-order valence-corrected chi connectivity index (χ4v) is 6.27. The highest BCUT2D eigenvalue weighted by Gasteiger charge is 2.34. The molecule has 1 aromatic carbocycles. The molecule has 0 spiro atoms. The molecule has 0 unspecified atom stereocenters. The molecule has 0 aromatic heterocycles. The molecule has 2 fully saturated rings. The first-order valence-electron chi connectivity index (χ1n) is 18.6. The zero-order valence-electron chi connectivity index (χ0n) is 31.7. The van der Waals surface area contributed by atoms with Gasteiger partial charge in [0.1, 0.15) is 11.5 Å². The molecular weight excluding hydrogens is 700 g/mol. The van der Waals surface area contributed by atoms with Crippen molar-refractivity contribution in [3.8, 4) is 11.5 Å². The average Bonchev–Trinajstić information content (AvgIpc) is 3.17. The molecule has 2 aliphatic rings. The number of hydrazone groups is 1. The molecule has 0 heterocycles. The number of carbonyl (C=O) groups excluding carboxylic acids is 6. The van der Waals surface area contributed by atoms with Crippen molar-refractivity contribution in [2.24, 2.45) is 28.8 Å². The van der Waals surface area contributed by atoms with Gasteiger partial charge < -0.3 is 33.4 Å². The summed E-state index contributed by atoms with van der Waals surface area (Å²) in [6.07, 6.45) is 8.38. The predicted molar refractivity (Wildman–Crippen MR) is 197 cm³/mol. The van der Waals surface area contributed by atoms with Crippen LogP contribution in [0.5, 0.6) is 11.5 Å².